The van der Waals surface area contributed by atoms with Crippen molar-refractivity contribution in [3.63, 3.8) is 0 Å². The Hall–Kier alpha value is -4.79. The molecule has 3 aromatic carbocycles. The van der Waals surface area contributed by atoms with Crippen LogP contribution in [-0.2, 0) is 17.4 Å². The van der Waals surface area contributed by atoms with Gasteiger partial charge in [0.25, 0.3) is 5.91 Å². The second-order valence-electron chi connectivity index (χ2n) is 9.98. The molecule has 1 aliphatic heterocycles. The average Bonchev–Trinajstić information content (AvgIpc) is 3.49. The second-order valence-corrected chi connectivity index (χ2v) is 9.98. The number of hydrogen-bond acceptors (Lipinski definition) is 4. The van der Waals surface area contributed by atoms with Crippen LogP contribution in [0, 0.1) is 0 Å². The third-order valence-electron chi connectivity index (χ3n) is 7.18. The van der Waals surface area contributed by atoms with Gasteiger partial charge in [-0.1, -0.05) is 31.2 Å². The Balaban J connectivity index is 1.12. The fraction of sp³-hybridized carbons (Fsp3) is 0.212. The molecule has 1 aliphatic rings. The fourth-order valence-electron chi connectivity index (χ4n) is 4.78. The molecular formula is C33H30F3N3O3. The lowest BCUT2D eigenvalue weighted by molar-refractivity contribution is -0.137. The number of piperazine rings is 1. The van der Waals surface area contributed by atoms with Gasteiger partial charge in [-0.15, -0.1) is 0 Å². The number of halogens is 3. The maximum absolute atomic E-state index is 13.0. The smallest absolute Gasteiger partial charge is 0.416 e. The molecule has 2 amide bonds. The van der Waals surface area contributed by atoms with Gasteiger partial charge in [0.15, 0.2) is 0 Å². The highest BCUT2D eigenvalue weighted by Gasteiger charge is 2.30. The lowest BCUT2D eigenvalue weighted by Crippen LogP contribution is -2.48. The van der Waals surface area contributed by atoms with Crippen LogP contribution in [-0.4, -0.2) is 42.9 Å². The molecule has 9 heteroatoms. The van der Waals surface area contributed by atoms with E-state index in [0.29, 0.717) is 48.8 Å². The van der Waals surface area contributed by atoms with Crippen molar-refractivity contribution in [1.82, 2.24) is 4.90 Å². The van der Waals surface area contributed by atoms with Crippen molar-refractivity contribution in [2.45, 2.75) is 19.5 Å². The lowest BCUT2D eigenvalue weighted by Gasteiger charge is -2.36. The molecule has 1 N–H and O–H groups in total. The molecule has 2 heterocycles. The number of rotatable bonds is 7. The van der Waals surface area contributed by atoms with Gasteiger partial charge >= 0.3 is 6.18 Å². The van der Waals surface area contributed by atoms with Crippen molar-refractivity contribution in [3.05, 3.63) is 113 Å². The molecule has 0 unspecified atom stereocenters. The zero-order valence-electron chi connectivity index (χ0n) is 23.0. The molecule has 0 spiro atoms. The van der Waals surface area contributed by atoms with E-state index in [1.807, 2.05) is 53.4 Å². The van der Waals surface area contributed by atoms with E-state index in [0.717, 1.165) is 24.2 Å². The van der Waals surface area contributed by atoms with Crippen LogP contribution < -0.4 is 10.2 Å². The molecule has 0 atom stereocenters. The maximum atomic E-state index is 13.0. The third kappa shape index (κ3) is 6.91. The van der Waals surface area contributed by atoms with Gasteiger partial charge in [-0.05, 0) is 78.7 Å². The molecular weight excluding hydrogens is 543 g/mol. The largest absolute Gasteiger partial charge is 0.457 e. The number of amides is 2. The Bertz CT molecular complexity index is 1570. The van der Waals surface area contributed by atoms with E-state index >= 15 is 0 Å². The summed E-state index contributed by atoms with van der Waals surface area (Å²) in [7, 11) is 0. The Morgan fingerprint density at radius 1 is 0.905 bits per heavy atom. The number of nitrogens with zero attached hydrogens (tertiary/aromatic N) is 2. The Morgan fingerprint density at radius 3 is 2.29 bits per heavy atom. The number of nitrogens with one attached hydrogen (secondary N) is 1. The molecule has 1 aromatic heterocycles. The third-order valence-corrected chi connectivity index (χ3v) is 7.18. The quantitative estimate of drug-likeness (QED) is 0.239. The first-order valence-corrected chi connectivity index (χ1v) is 13.7. The van der Waals surface area contributed by atoms with E-state index in [2.05, 4.69) is 17.1 Å². The predicted octanol–water partition coefficient (Wildman–Crippen LogP) is 7.14. The first-order valence-electron chi connectivity index (χ1n) is 13.7. The number of anilines is 2. The van der Waals surface area contributed by atoms with Crippen LogP contribution in [0.25, 0.3) is 17.4 Å². The van der Waals surface area contributed by atoms with Crippen molar-refractivity contribution in [2.24, 2.45) is 0 Å². The second kappa shape index (κ2) is 12.4. The van der Waals surface area contributed by atoms with Gasteiger partial charge in [-0.3, -0.25) is 9.59 Å². The van der Waals surface area contributed by atoms with E-state index in [4.69, 9.17) is 4.42 Å². The zero-order valence-corrected chi connectivity index (χ0v) is 23.0. The summed E-state index contributed by atoms with van der Waals surface area (Å²) in [5.74, 6) is 0.278. The van der Waals surface area contributed by atoms with Gasteiger partial charge in [0.2, 0.25) is 5.91 Å². The summed E-state index contributed by atoms with van der Waals surface area (Å²) < 4.78 is 44.6. The van der Waals surface area contributed by atoms with Crippen LogP contribution in [0.4, 0.5) is 24.5 Å². The molecule has 6 nitrogen and oxygen atoms in total. The van der Waals surface area contributed by atoms with Gasteiger partial charge in [-0.2, -0.15) is 13.2 Å². The Labute approximate surface area is 242 Å². The molecule has 216 valence electrons. The van der Waals surface area contributed by atoms with Crippen molar-refractivity contribution in [2.75, 3.05) is 36.4 Å². The van der Waals surface area contributed by atoms with Gasteiger partial charge < -0.3 is 19.5 Å². The number of aryl methyl sites for hydroxylation is 1. The van der Waals surface area contributed by atoms with Gasteiger partial charge in [-0.25, -0.2) is 0 Å². The standard InChI is InChI=1S/C33H30F3N3O3/c1-2-23-6-8-24(9-7-23)32(41)39-20-18-38(19-21-39)28-12-10-27(11-13-28)37-31(40)17-15-29-14-16-30(42-29)25-4-3-5-26(22-25)33(34,35)36/h3-17,22H,2,18-21H2,1H3,(H,37,40)/b17-15+. The van der Waals surface area contributed by atoms with E-state index in [1.165, 1.54) is 29.8 Å². The van der Waals surface area contributed by atoms with Crippen LogP contribution in [0.15, 0.2) is 95.4 Å². The highest BCUT2D eigenvalue weighted by molar-refractivity contribution is 6.01. The minimum atomic E-state index is -4.45. The minimum Gasteiger partial charge on any atom is -0.457 e. The zero-order chi connectivity index (χ0) is 29.7. The molecule has 1 saturated heterocycles. The van der Waals surface area contributed by atoms with Gasteiger partial charge in [0, 0.05) is 54.8 Å². The van der Waals surface area contributed by atoms with Crippen molar-refractivity contribution >= 4 is 29.3 Å². The van der Waals surface area contributed by atoms with Crippen molar-refractivity contribution in [1.29, 1.82) is 0 Å². The summed E-state index contributed by atoms with van der Waals surface area (Å²) in [4.78, 5) is 29.4. The van der Waals surface area contributed by atoms with Crippen LogP contribution >= 0.6 is 0 Å². The highest BCUT2D eigenvalue weighted by Crippen LogP contribution is 2.32. The monoisotopic (exact) mass is 573 g/mol. The SMILES string of the molecule is CCc1ccc(C(=O)N2CCN(c3ccc(NC(=O)/C=C/c4ccc(-c5cccc(C(F)(F)F)c5)o4)cc3)CC2)cc1. The summed E-state index contributed by atoms with van der Waals surface area (Å²) in [6, 6.07) is 23.3. The van der Waals surface area contributed by atoms with E-state index in [-0.39, 0.29) is 17.6 Å². The van der Waals surface area contributed by atoms with Gasteiger partial charge in [0.05, 0.1) is 5.56 Å². The Morgan fingerprint density at radius 2 is 1.62 bits per heavy atom. The first-order chi connectivity index (χ1) is 20.2. The molecule has 0 saturated carbocycles. The van der Waals surface area contributed by atoms with Gasteiger partial charge in [0.1, 0.15) is 11.5 Å². The molecule has 1 fully saturated rings. The van der Waals surface area contributed by atoms with Crippen LogP contribution in [0.1, 0.15) is 34.2 Å². The molecule has 0 aliphatic carbocycles. The summed E-state index contributed by atoms with van der Waals surface area (Å²) >= 11 is 0. The topological polar surface area (TPSA) is 65.8 Å². The van der Waals surface area contributed by atoms with Crippen LogP contribution in [0.2, 0.25) is 0 Å². The van der Waals surface area contributed by atoms with E-state index < -0.39 is 11.7 Å². The minimum absolute atomic E-state index is 0.0462. The highest BCUT2D eigenvalue weighted by atomic mass is 19.4. The average molecular weight is 574 g/mol. The number of hydrogen-bond donors (Lipinski definition) is 1. The van der Waals surface area contributed by atoms with Crippen LogP contribution in [0.3, 0.4) is 0 Å². The maximum Gasteiger partial charge on any atom is 0.416 e. The molecule has 4 aromatic rings. The number of carbonyl (C=O) groups excluding carboxylic acids is 2. The Kier molecular flexibility index (Phi) is 8.47. The number of carbonyl (C=O) groups is 2. The summed E-state index contributed by atoms with van der Waals surface area (Å²) in [5.41, 5.74) is 3.06. The van der Waals surface area contributed by atoms with Crippen molar-refractivity contribution in [3.8, 4) is 11.3 Å². The van der Waals surface area contributed by atoms with Crippen molar-refractivity contribution < 1.29 is 27.2 Å². The van der Waals surface area contributed by atoms with Crippen LogP contribution in [0.5, 0.6) is 0 Å². The first kappa shape index (κ1) is 28.7. The summed E-state index contributed by atoms with van der Waals surface area (Å²) in [5, 5.41) is 2.79. The molecule has 0 bridgehead atoms. The van der Waals surface area contributed by atoms with E-state index in [1.54, 1.807) is 12.1 Å². The molecule has 5 rings (SSSR count). The molecule has 42 heavy (non-hydrogen) atoms. The number of furan rings is 1. The van der Waals surface area contributed by atoms with E-state index in [9.17, 15) is 22.8 Å². The predicted molar refractivity (Wildman–Crippen MR) is 157 cm³/mol. The molecule has 0 radical (unpaired) electrons. The summed E-state index contributed by atoms with van der Waals surface area (Å²) in [6.45, 7) is 4.75. The number of benzene rings is 3. The number of alkyl halides is 3. The normalized spacial score (nSPS) is 13.9. The lowest BCUT2D eigenvalue weighted by atomic mass is 10.1. The summed E-state index contributed by atoms with van der Waals surface area (Å²) in [6.07, 6.45) is -0.750. The fourth-order valence-corrected chi connectivity index (χ4v) is 4.78.